The molecule has 0 aromatic heterocycles. The molecule has 1 aliphatic rings. The fourth-order valence-electron chi connectivity index (χ4n) is 6.48. The first-order valence-electron chi connectivity index (χ1n) is 19.5. The Bertz CT molecular complexity index is 1530. The number of ether oxygens (including phenoxy) is 2. The second kappa shape index (κ2) is 19.3. The van der Waals surface area contributed by atoms with Crippen molar-refractivity contribution in [2.45, 2.75) is 154 Å². The van der Waals surface area contributed by atoms with Crippen molar-refractivity contribution in [3.8, 4) is 0 Å². The van der Waals surface area contributed by atoms with Crippen LogP contribution in [0.25, 0.3) is 0 Å². The van der Waals surface area contributed by atoms with Gasteiger partial charge in [0.15, 0.2) is 16.6 Å². The number of aryl methyl sites for hydroxylation is 1. The van der Waals surface area contributed by atoms with Crippen LogP contribution in [0, 0.1) is 17.7 Å². The first kappa shape index (κ1) is 45.5. The number of allylic oxidation sites excluding steroid dienone is 2. The predicted molar refractivity (Wildman–Crippen MR) is 227 cm³/mol. The number of hydrogen-bond acceptors (Lipinski definition) is 5. The first-order valence-corrected chi connectivity index (χ1v) is 26.1. The van der Waals surface area contributed by atoms with Crippen LogP contribution in [0.1, 0.15) is 98.1 Å². The lowest BCUT2D eigenvalue weighted by Crippen LogP contribution is -2.48. The van der Waals surface area contributed by atoms with E-state index in [0.717, 1.165) is 35.7 Å². The minimum absolute atomic E-state index is 0.00543. The molecule has 1 fully saturated rings. The topological polar surface area (TPSA) is 54.0 Å². The SMILES string of the molecule is COC(=O)CCCC=CC[C@@H]1[C@@H](C=C[C@](C)(CCc2ccccc2F)O[Si](C)(C)C(C)(C)C)[C@H](OCc2ccccc2Br)C[C@@H]1O[Si](C)(C)C(C)(C)C. The summed E-state index contributed by atoms with van der Waals surface area (Å²) in [5, 5.41) is 0.0637. The van der Waals surface area contributed by atoms with E-state index in [-0.39, 0.29) is 45.9 Å². The summed E-state index contributed by atoms with van der Waals surface area (Å²) in [6.45, 7) is 25.6. The Morgan fingerprint density at radius 3 is 2.11 bits per heavy atom. The number of unbranched alkanes of at least 4 members (excludes halogenated alkanes) is 1. The predicted octanol–water partition coefficient (Wildman–Crippen LogP) is 12.8. The van der Waals surface area contributed by atoms with Gasteiger partial charge in [0.2, 0.25) is 0 Å². The summed E-state index contributed by atoms with van der Waals surface area (Å²) in [5.41, 5.74) is 1.20. The minimum atomic E-state index is -2.22. The highest BCUT2D eigenvalue weighted by Crippen LogP contribution is 2.46. The van der Waals surface area contributed by atoms with Crippen molar-refractivity contribution < 1.29 is 27.5 Å². The summed E-state index contributed by atoms with van der Waals surface area (Å²) in [7, 11) is -2.92. The number of benzene rings is 2. The molecular weight excluding hydrogens is 764 g/mol. The van der Waals surface area contributed by atoms with Crippen LogP contribution in [0.4, 0.5) is 4.39 Å². The number of carbonyl (C=O) groups is 1. The van der Waals surface area contributed by atoms with Crippen LogP contribution < -0.4 is 0 Å². The Labute approximate surface area is 331 Å². The Morgan fingerprint density at radius 2 is 1.51 bits per heavy atom. The molecule has 296 valence electrons. The van der Waals surface area contributed by atoms with Gasteiger partial charge in [-0.3, -0.25) is 4.79 Å². The number of esters is 1. The van der Waals surface area contributed by atoms with Crippen LogP contribution in [-0.4, -0.2) is 47.5 Å². The molecule has 2 aromatic carbocycles. The maximum atomic E-state index is 14.9. The summed E-state index contributed by atoms with van der Waals surface area (Å²) >= 11 is 3.73. The van der Waals surface area contributed by atoms with Crippen molar-refractivity contribution in [1.29, 1.82) is 0 Å². The molecule has 2 aromatic rings. The molecule has 1 aliphatic carbocycles. The van der Waals surface area contributed by atoms with E-state index in [1.807, 2.05) is 24.3 Å². The molecule has 0 saturated heterocycles. The summed E-state index contributed by atoms with van der Waals surface area (Å²) < 4.78 is 42.2. The Hall–Kier alpha value is -1.89. The van der Waals surface area contributed by atoms with Crippen molar-refractivity contribution in [3.05, 3.63) is 94.3 Å². The minimum Gasteiger partial charge on any atom is -0.469 e. The lowest BCUT2D eigenvalue weighted by atomic mass is 9.87. The third-order valence-corrected chi connectivity index (χ3v) is 21.8. The van der Waals surface area contributed by atoms with E-state index < -0.39 is 22.2 Å². The molecule has 9 heteroatoms. The van der Waals surface area contributed by atoms with Gasteiger partial charge in [0, 0.05) is 16.8 Å². The number of rotatable bonds is 18. The molecule has 0 heterocycles. The molecule has 0 bridgehead atoms. The number of methoxy groups -OCH3 is 1. The molecule has 0 unspecified atom stereocenters. The van der Waals surface area contributed by atoms with Gasteiger partial charge >= 0.3 is 5.97 Å². The van der Waals surface area contributed by atoms with Crippen LogP contribution >= 0.6 is 15.9 Å². The number of hydrogen-bond donors (Lipinski definition) is 0. The van der Waals surface area contributed by atoms with Gasteiger partial charge in [-0.25, -0.2) is 4.39 Å². The van der Waals surface area contributed by atoms with E-state index in [1.54, 1.807) is 12.1 Å². The number of halogens is 2. The van der Waals surface area contributed by atoms with E-state index in [4.69, 9.17) is 18.3 Å². The van der Waals surface area contributed by atoms with E-state index in [9.17, 15) is 9.18 Å². The Balaban J connectivity index is 2.06. The average Bonchev–Trinajstić information content (AvgIpc) is 3.38. The zero-order valence-corrected chi connectivity index (χ0v) is 38.3. The van der Waals surface area contributed by atoms with Gasteiger partial charge in [0.1, 0.15) is 5.82 Å². The highest BCUT2D eigenvalue weighted by Gasteiger charge is 2.48. The molecular formula is C44H68BrFO5Si2. The average molecular weight is 832 g/mol. The molecule has 0 amide bonds. The summed E-state index contributed by atoms with van der Waals surface area (Å²) in [4.78, 5) is 11.7. The first-order chi connectivity index (χ1) is 24.6. The third kappa shape index (κ3) is 13.4. The molecule has 0 radical (unpaired) electrons. The highest BCUT2D eigenvalue weighted by molar-refractivity contribution is 9.10. The molecule has 5 nitrogen and oxygen atoms in total. The van der Waals surface area contributed by atoms with Crippen LogP contribution in [0.3, 0.4) is 0 Å². The van der Waals surface area contributed by atoms with Gasteiger partial charge in [-0.05, 0) is 111 Å². The second-order valence-electron chi connectivity index (χ2n) is 18.1. The largest absolute Gasteiger partial charge is 0.469 e. The molecule has 0 aliphatic heterocycles. The zero-order chi connectivity index (χ0) is 39.7. The molecule has 3 rings (SSSR count). The molecule has 53 heavy (non-hydrogen) atoms. The smallest absolute Gasteiger partial charge is 0.305 e. The van der Waals surface area contributed by atoms with Gasteiger partial charge in [-0.1, -0.05) is 118 Å². The molecule has 0 spiro atoms. The van der Waals surface area contributed by atoms with Gasteiger partial charge in [-0.2, -0.15) is 0 Å². The fourth-order valence-corrected chi connectivity index (χ4v) is 9.91. The summed E-state index contributed by atoms with van der Waals surface area (Å²) in [5.74, 6) is -0.121. The maximum Gasteiger partial charge on any atom is 0.305 e. The van der Waals surface area contributed by atoms with Gasteiger partial charge in [0.05, 0.1) is 31.5 Å². The van der Waals surface area contributed by atoms with E-state index in [1.165, 1.54) is 7.11 Å². The maximum absolute atomic E-state index is 14.9. The summed E-state index contributed by atoms with van der Waals surface area (Å²) in [6, 6.07) is 15.3. The van der Waals surface area contributed by atoms with Crippen LogP contribution in [-0.2, 0) is 36.1 Å². The standard InChI is InChI=1S/C44H68BrFO5Si2/c1-42(2,3)52(9,10)50-40-31-39(49-32-34-22-17-19-24-37(34)45)36(35(40)23-15-13-14-16-26-41(47)48-8)28-30-44(7,51-53(11,12)43(4,5)6)29-27-33-21-18-20-25-38(33)46/h13,15,17-22,24-25,28,30,35-36,39-40H,14,16,23,26-27,29,31-32H2,1-12H3/t35-,36-,39-,40+,44+/m1/s1. The van der Waals surface area contributed by atoms with Crippen molar-refractivity contribution >= 4 is 38.5 Å². The van der Waals surface area contributed by atoms with E-state index in [0.29, 0.717) is 31.4 Å². The molecule has 0 N–H and O–H groups in total. The van der Waals surface area contributed by atoms with Gasteiger partial charge in [0.25, 0.3) is 0 Å². The Kier molecular flexibility index (Phi) is 16.6. The van der Waals surface area contributed by atoms with E-state index in [2.05, 4.69) is 127 Å². The van der Waals surface area contributed by atoms with Crippen LogP contribution in [0.15, 0.2) is 77.3 Å². The van der Waals surface area contributed by atoms with Crippen LogP contribution in [0.2, 0.25) is 36.3 Å². The van der Waals surface area contributed by atoms with Gasteiger partial charge < -0.3 is 18.3 Å². The quantitative estimate of drug-likeness (QED) is 0.0648. The summed E-state index contributed by atoms with van der Waals surface area (Å²) in [6.07, 6.45) is 13.9. The lowest BCUT2D eigenvalue weighted by Gasteiger charge is -2.43. The van der Waals surface area contributed by atoms with Gasteiger partial charge in [-0.15, -0.1) is 0 Å². The third-order valence-electron chi connectivity index (χ3n) is 11.9. The monoisotopic (exact) mass is 830 g/mol. The second-order valence-corrected chi connectivity index (χ2v) is 28.5. The van der Waals surface area contributed by atoms with E-state index >= 15 is 0 Å². The zero-order valence-electron chi connectivity index (χ0n) is 34.7. The number of carbonyl (C=O) groups excluding carboxylic acids is 1. The molecule has 5 atom stereocenters. The van der Waals surface area contributed by atoms with Crippen molar-refractivity contribution in [1.82, 2.24) is 0 Å². The van der Waals surface area contributed by atoms with Crippen molar-refractivity contribution in [2.75, 3.05) is 7.11 Å². The fraction of sp³-hybridized carbons (Fsp3) is 0.614. The highest BCUT2D eigenvalue weighted by atomic mass is 79.9. The van der Waals surface area contributed by atoms with Crippen molar-refractivity contribution in [3.63, 3.8) is 0 Å². The molecule has 1 saturated carbocycles. The van der Waals surface area contributed by atoms with Crippen molar-refractivity contribution in [2.24, 2.45) is 11.8 Å². The van der Waals surface area contributed by atoms with Crippen LogP contribution in [0.5, 0.6) is 0 Å². The lowest BCUT2D eigenvalue weighted by molar-refractivity contribution is -0.140. The normalized spacial score (nSPS) is 21.4. The Morgan fingerprint density at radius 1 is 0.887 bits per heavy atom.